The van der Waals surface area contributed by atoms with Gasteiger partial charge in [-0.3, -0.25) is 4.98 Å². The first kappa shape index (κ1) is 25.1. The highest BCUT2D eigenvalue weighted by Gasteiger charge is 2.42. The molecule has 37 heavy (non-hydrogen) atoms. The predicted octanol–water partition coefficient (Wildman–Crippen LogP) is 6.73. The molecule has 4 aromatic rings. The van der Waals surface area contributed by atoms with Gasteiger partial charge in [0.25, 0.3) is 0 Å². The lowest BCUT2D eigenvalue weighted by Crippen LogP contribution is -2.29. The van der Waals surface area contributed by atoms with Gasteiger partial charge in [-0.05, 0) is 99.2 Å². The van der Waals surface area contributed by atoms with Crippen molar-refractivity contribution in [1.82, 2.24) is 14.9 Å². The summed E-state index contributed by atoms with van der Waals surface area (Å²) in [6, 6.07) is 21.6. The van der Waals surface area contributed by atoms with Gasteiger partial charge in [0, 0.05) is 28.3 Å². The molecule has 0 unspecified atom stereocenters. The van der Waals surface area contributed by atoms with Crippen molar-refractivity contribution in [2.45, 2.75) is 32.9 Å². The van der Waals surface area contributed by atoms with Crippen molar-refractivity contribution in [3.8, 4) is 17.2 Å². The zero-order chi connectivity index (χ0) is 26.1. The minimum Gasteiger partial charge on any atom is -0.495 e. The molecule has 2 aromatic carbocycles. The van der Waals surface area contributed by atoms with E-state index in [-0.39, 0.29) is 12.1 Å². The van der Waals surface area contributed by atoms with E-state index in [0.717, 1.165) is 45.5 Å². The number of pyridine rings is 1. The lowest BCUT2D eigenvalue weighted by molar-refractivity contribution is 0.340. The molecule has 1 aliphatic rings. The number of thiocarbonyl (C=S) groups is 1. The summed E-state index contributed by atoms with van der Waals surface area (Å²) in [6.45, 7) is 6.81. The van der Waals surface area contributed by atoms with Gasteiger partial charge in [-0.2, -0.15) is 0 Å². The molecule has 3 heterocycles. The molecule has 2 atom stereocenters. The van der Waals surface area contributed by atoms with E-state index in [9.17, 15) is 0 Å². The quantitative estimate of drug-likeness (QED) is 0.266. The first-order valence-corrected chi connectivity index (χ1v) is 13.0. The Kier molecular flexibility index (Phi) is 7.09. The molecule has 0 bridgehead atoms. The lowest BCUT2D eigenvalue weighted by atomic mass is 9.96. The normalized spacial score (nSPS) is 17.1. The molecule has 1 saturated heterocycles. The van der Waals surface area contributed by atoms with Gasteiger partial charge in [-0.15, -0.1) is 0 Å². The Morgan fingerprint density at radius 3 is 2.51 bits per heavy atom. The van der Waals surface area contributed by atoms with Crippen LogP contribution in [-0.2, 0) is 0 Å². The highest BCUT2D eigenvalue weighted by Crippen LogP contribution is 2.44. The van der Waals surface area contributed by atoms with Gasteiger partial charge in [0.05, 0.1) is 37.2 Å². The number of methoxy groups -OCH3 is 1. The summed E-state index contributed by atoms with van der Waals surface area (Å²) in [5, 5.41) is 4.84. The molecular formula is C29H29ClN4O2S. The van der Waals surface area contributed by atoms with Gasteiger partial charge in [-0.1, -0.05) is 17.7 Å². The van der Waals surface area contributed by atoms with Gasteiger partial charge in [0.2, 0.25) is 0 Å². The zero-order valence-corrected chi connectivity index (χ0v) is 22.8. The number of hydrogen-bond acceptors (Lipinski definition) is 4. The highest BCUT2D eigenvalue weighted by atomic mass is 35.5. The van der Waals surface area contributed by atoms with E-state index >= 15 is 0 Å². The molecule has 1 N–H and O–H groups in total. The zero-order valence-electron chi connectivity index (χ0n) is 21.2. The van der Waals surface area contributed by atoms with Crippen LogP contribution < -0.4 is 19.7 Å². The molecule has 5 rings (SSSR count). The fourth-order valence-corrected chi connectivity index (χ4v) is 5.63. The monoisotopic (exact) mass is 532 g/mol. The first-order valence-electron chi connectivity index (χ1n) is 12.2. The van der Waals surface area contributed by atoms with E-state index in [1.54, 1.807) is 7.11 Å². The van der Waals surface area contributed by atoms with E-state index in [2.05, 4.69) is 39.7 Å². The first-order chi connectivity index (χ1) is 17.9. The molecule has 190 valence electrons. The molecule has 0 spiro atoms. The Balaban J connectivity index is 1.67. The summed E-state index contributed by atoms with van der Waals surface area (Å²) < 4.78 is 13.5. The highest BCUT2D eigenvalue weighted by molar-refractivity contribution is 7.80. The van der Waals surface area contributed by atoms with E-state index in [1.807, 2.05) is 73.8 Å². The predicted molar refractivity (Wildman–Crippen MR) is 152 cm³/mol. The molecule has 6 nitrogen and oxygen atoms in total. The van der Waals surface area contributed by atoms with Crippen LogP contribution >= 0.6 is 23.8 Å². The number of aryl methyl sites for hydroxylation is 1. The number of ether oxygens (including phenoxy) is 2. The van der Waals surface area contributed by atoms with Crippen LogP contribution in [0.2, 0.25) is 5.02 Å². The van der Waals surface area contributed by atoms with Crippen molar-refractivity contribution in [3.63, 3.8) is 0 Å². The average molecular weight is 533 g/mol. The van der Waals surface area contributed by atoms with Crippen molar-refractivity contribution >= 4 is 34.6 Å². The van der Waals surface area contributed by atoms with Crippen LogP contribution in [0.4, 0.5) is 5.69 Å². The second-order valence-corrected chi connectivity index (χ2v) is 9.72. The van der Waals surface area contributed by atoms with Gasteiger partial charge in [0.15, 0.2) is 5.11 Å². The molecule has 0 aliphatic carbocycles. The standard InChI is InChI=1S/C29H29ClN4O2S/c1-5-36-22-12-10-21(11-13-22)34-28(27(32-29(34)37)24-8-6-7-15-31-24)23-16-18(2)33(19(23)3)25-17-20(30)9-14-26(25)35-4/h6-17,27-28H,5H2,1-4H3,(H,32,37)/t27-,28+/m0/s1. The van der Waals surface area contributed by atoms with Crippen LogP contribution in [0.1, 0.15) is 41.7 Å². The minimum absolute atomic E-state index is 0.134. The molecule has 0 saturated carbocycles. The summed E-state index contributed by atoms with van der Waals surface area (Å²) >= 11 is 12.3. The van der Waals surface area contributed by atoms with E-state index in [4.69, 9.17) is 33.3 Å². The maximum atomic E-state index is 6.40. The molecule has 0 amide bonds. The van der Waals surface area contributed by atoms with Crippen LogP contribution in [0.3, 0.4) is 0 Å². The summed E-state index contributed by atoms with van der Waals surface area (Å²) in [4.78, 5) is 6.85. The summed E-state index contributed by atoms with van der Waals surface area (Å²) in [6.07, 6.45) is 1.82. The van der Waals surface area contributed by atoms with Crippen molar-refractivity contribution in [2.75, 3.05) is 18.6 Å². The number of benzene rings is 2. The second kappa shape index (κ2) is 10.4. The summed E-state index contributed by atoms with van der Waals surface area (Å²) in [5.74, 6) is 1.58. The molecule has 0 radical (unpaired) electrons. The number of anilines is 1. The number of nitrogens with one attached hydrogen (secondary N) is 1. The van der Waals surface area contributed by atoms with Gasteiger partial charge < -0.3 is 24.3 Å². The van der Waals surface area contributed by atoms with Crippen molar-refractivity contribution < 1.29 is 9.47 Å². The summed E-state index contributed by atoms with van der Waals surface area (Å²) in [5.41, 5.74) is 6.08. The maximum Gasteiger partial charge on any atom is 0.174 e. The Morgan fingerprint density at radius 2 is 1.84 bits per heavy atom. The number of nitrogens with zero attached hydrogens (tertiary/aromatic N) is 3. The summed E-state index contributed by atoms with van der Waals surface area (Å²) in [7, 11) is 1.67. The molecule has 2 aromatic heterocycles. The van der Waals surface area contributed by atoms with Gasteiger partial charge in [-0.25, -0.2) is 0 Å². The van der Waals surface area contributed by atoms with Crippen molar-refractivity contribution in [2.24, 2.45) is 0 Å². The Hall–Kier alpha value is -3.55. The van der Waals surface area contributed by atoms with Gasteiger partial charge in [0.1, 0.15) is 11.5 Å². The third kappa shape index (κ3) is 4.65. The van der Waals surface area contributed by atoms with E-state index in [1.165, 1.54) is 0 Å². The fraction of sp³-hybridized carbons (Fsp3) is 0.241. The lowest BCUT2D eigenvalue weighted by Gasteiger charge is -2.28. The van der Waals surface area contributed by atoms with E-state index in [0.29, 0.717) is 16.7 Å². The van der Waals surface area contributed by atoms with Crippen LogP contribution in [0.15, 0.2) is 72.9 Å². The fourth-order valence-electron chi connectivity index (χ4n) is 5.11. The Labute approximate surface area is 227 Å². The van der Waals surface area contributed by atoms with Crippen molar-refractivity contribution in [3.05, 3.63) is 101 Å². The van der Waals surface area contributed by atoms with Crippen LogP contribution in [0.25, 0.3) is 5.69 Å². The van der Waals surface area contributed by atoms with Crippen LogP contribution in [0.5, 0.6) is 11.5 Å². The smallest absolute Gasteiger partial charge is 0.174 e. The molecular weight excluding hydrogens is 504 g/mol. The molecule has 1 aliphatic heterocycles. The topological polar surface area (TPSA) is 51.5 Å². The van der Waals surface area contributed by atoms with Gasteiger partial charge >= 0.3 is 0 Å². The minimum atomic E-state index is -0.143. The van der Waals surface area contributed by atoms with E-state index < -0.39 is 0 Å². The number of rotatable bonds is 7. The third-order valence-electron chi connectivity index (χ3n) is 6.69. The number of hydrogen-bond donors (Lipinski definition) is 1. The third-order valence-corrected chi connectivity index (χ3v) is 7.24. The Morgan fingerprint density at radius 1 is 1.05 bits per heavy atom. The Bertz CT molecular complexity index is 1420. The number of halogens is 1. The van der Waals surface area contributed by atoms with Crippen LogP contribution in [0, 0.1) is 13.8 Å². The SMILES string of the molecule is CCOc1ccc(N2C(=S)N[C@@H](c3ccccn3)[C@H]2c2cc(C)n(-c3cc(Cl)ccc3OC)c2C)cc1. The molecule has 1 fully saturated rings. The second-order valence-electron chi connectivity index (χ2n) is 8.90. The maximum absolute atomic E-state index is 6.40. The average Bonchev–Trinajstić information content (AvgIpc) is 3.40. The van der Waals surface area contributed by atoms with Crippen LogP contribution in [-0.4, -0.2) is 28.4 Å². The van der Waals surface area contributed by atoms with Crippen molar-refractivity contribution in [1.29, 1.82) is 0 Å². The largest absolute Gasteiger partial charge is 0.495 e. The number of aromatic nitrogens is 2. The molecule has 8 heteroatoms.